The van der Waals surface area contributed by atoms with E-state index in [1.165, 1.54) is 24.3 Å². The number of primary amides is 1. The molecule has 0 spiro atoms. The molecule has 0 aliphatic rings. The number of phenolic OH excluding ortho intramolecular Hbond substituents is 1. The van der Waals surface area contributed by atoms with Gasteiger partial charge in [0.1, 0.15) is 23.9 Å². The summed E-state index contributed by atoms with van der Waals surface area (Å²) in [5.41, 5.74) is 21.5. The van der Waals surface area contributed by atoms with Gasteiger partial charge in [-0.15, -0.1) is 0 Å². The number of amides is 4. The molecule has 4 amide bonds. The van der Waals surface area contributed by atoms with Gasteiger partial charge in [0.15, 0.2) is 5.96 Å². The second kappa shape index (κ2) is 14.8. The van der Waals surface area contributed by atoms with Crippen LogP contribution in [0, 0.1) is 0 Å². The standard InChI is InChI=1S/C21H32N8O7/c22-10-17(32)27-13(2-1-7-26-21(24)25)18(33)28-14(9-16(23)31)19(34)29-15(20(35)36)8-11-3-5-12(30)6-4-11/h3-6,13-15,30H,1-2,7-10,22H2,(H2,23,31)(H,27,32)(H,28,33)(H,29,34)(H,35,36)(H4,24,25,26). The summed E-state index contributed by atoms with van der Waals surface area (Å²) in [5.74, 6) is -4.92. The van der Waals surface area contributed by atoms with E-state index in [9.17, 15) is 34.2 Å². The molecular weight excluding hydrogens is 476 g/mol. The van der Waals surface area contributed by atoms with Crippen molar-refractivity contribution in [1.29, 1.82) is 0 Å². The smallest absolute Gasteiger partial charge is 0.326 e. The van der Waals surface area contributed by atoms with Crippen LogP contribution in [0.5, 0.6) is 5.75 Å². The Kier molecular flexibility index (Phi) is 12.2. The highest BCUT2D eigenvalue weighted by Crippen LogP contribution is 2.12. The van der Waals surface area contributed by atoms with E-state index in [1.807, 2.05) is 0 Å². The van der Waals surface area contributed by atoms with E-state index in [2.05, 4.69) is 20.9 Å². The van der Waals surface area contributed by atoms with Gasteiger partial charge in [0.25, 0.3) is 0 Å². The number of nitrogens with two attached hydrogens (primary N) is 4. The molecule has 15 heteroatoms. The molecule has 0 aliphatic heterocycles. The Balaban J connectivity index is 2.97. The topological polar surface area (TPSA) is 278 Å². The van der Waals surface area contributed by atoms with Crippen LogP contribution in [0.4, 0.5) is 0 Å². The number of carboxylic acids is 1. The number of carbonyl (C=O) groups excluding carboxylic acids is 4. The van der Waals surface area contributed by atoms with Crippen molar-refractivity contribution in [3.8, 4) is 5.75 Å². The van der Waals surface area contributed by atoms with Crippen LogP contribution in [-0.4, -0.2) is 77.0 Å². The maximum absolute atomic E-state index is 12.8. The highest BCUT2D eigenvalue weighted by atomic mass is 16.4. The molecule has 0 saturated carbocycles. The fourth-order valence-corrected chi connectivity index (χ4v) is 3.05. The van der Waals surface area contributed by atoms with Gasteiger partial charge in [0.05, 0.1) is 13.0 Å². The van der Waals surface area contributed by atoms with Gasteiger partial charge < -0.3 is 49.1 Å². The van der Waals surface area contributed by atoms with Crippen molar-refractivity contribution >= 4 is 35.6 Å². The average molecular weight is 509 g/mol. The summed E-state index contributed by atoms with van der Waals surface area (Å²) in [6.45, 7) is -0.242. The summed E-state index contributed by atoms with van der Waals surface area (Å²) in [6.07, 6.45) is -0.424. The van der Waals surface area contributed by atoms with Crippen LogP contribution in [0.15, 0.2) is 29.3 Å². The lowest BCUT2D eigenvalue weighted by Crippen LogP contribution is -2.57. The van der Waals surface area contributed by atoms with Gasteiger partial charge in [0.2, 0.25) is 23.6 Å². The minimum Gasteiger partial charge on any atom is -0.508 e. The molecule has 36 heavy (non-hydrogen) atoms. The van der Waals surface area contributed by atoms with Crippen molar-refractivity contribution in [2.24, 2.45) is 27.9 Å². The van der Waals surface area contributed by atoms with Crippen LogP contribution >= 0.6 is 0 Å². The number of carboxylic acid groups (broad SMARTS) is 1. The first-order valence-electron chi connectivity index (χ1n) is 10.9. The van der Waals surface area contributed by atoms with Gasteiger partial charge in [-0.25, -0.2) is 4.79 Å². The van der Waals surface area contributed by atoms with Crippen molar-refractivity contribution in [2.45, 2.75) is 43.8 Å². The summed E-state index contributed by atoms with van der Waals surface area (Å²) in [4.78, 5) is 64.4. The number of aliphatic imine (C=N–C) groups is 1. The quantitative estimate of drug-likeness (QED) is 0.0636. The Labute approximate surface area is 206 Å². The molecule has 3 unspecified atom stereocenters. The lowest BCUT2D eigenvalue weighted by molar-refractivity contribution is -0.142. The normalized spacial score (nSPS) is 12.9. The second-order valence-electron chi connectivity index (χ2n) is 7.77. The molecule has 0 saturated heterocycles. The SMILES string of the molecule is NCC(=O)NC(CCCN=C(N)N)C(=O)NC(CC(N)=O)C(=O)NC(Cc1ccc(O)cc1)C(=O)O. The van der Waals surface area contributed by atoms with E-state index in [0.717, 1.165) is 0 Å². The Bertz CT molecular complexity index is 964. The number of carbonyl (C=O) groups is 5. The first kappa shape index (κ1) is 29.6. The third-order valence-corrected chi connectivity index (χ3v) is 4.81. The first-order chi connectivity index (χ1) is 16.9. The Morgan fingerprint density at radius 2 is 1.47 bits per heavy atom. The Morgan fingerprint density at radius 1 is 0.889 bits per heavy atom. The number of nitrogens with one attached hydrogen (secondary N) is 3. The van der Waals surface area contributed by atoms with Crippen LogP contribution in [0.2, 0.25) is 0 Å². The molecule has 0 radical (unpaired) electrons. The number of rotatable bonds is 15. The molecule has 15 nitrogen and oxygen atoms in total. The number of aliphatic carboxylic acids is 1. The summed E-state index contributed by atoms with van der Waals surface area (Å²) >= 11 is 0. The zero-order chi connectivity index (χ0) is 27.3. The molecule has 1 aromatic rings. The lowest BCUT2D eigenvalue weighted by Gasteiger charge is -2.24. The molecule has 3 atom stereocenters. The summed E-state index contributed by atoms with van der Waals surface area (Å²) in [6, 6.07) is 1.59. The third kappa shape index (κ3) is 11.1. The average Bonchev–Trinajstić information content (AvgIpc) is 2.80. The largest absolute Gasteiger partial charge is 0.508 e. The van der Waals surface area contributed by atoms with E-state index in [0.29, 0.717) is 5.56 Å². The molecular formula is C21H32N8O7. The van der Waals surface area contributed by atoms with E-state index in [4.69, 9.17) is 22.9 Å². The van der Waals surface area contributed by atoms with Crippen LogP contribution in [-0.2, 0) is 30.4 Å². The highest BCUT2D eigenvalue weighted by molar-refractivity contribution is 5.95. The monoisotopic (exact) mass is 508 g/mol. The number of aromatic hydroxyl groups is 1. The van der Waals surface area contributed by atoms with E-state index in [1.54, 1.807) is 0 Å². The zero-order valence-electron chi connectivity index (χ0n) is 19.5. The van der Waals surface area contributed by atoms with Gasteiger partial charge in [-0.2, -0.15) is 0 Å². The Morgan fingerprint density at radius 3 is 2.00 bits per heavy atom. The summed E-state index contributed by atoms with van der Waals surface area (Å²) in [5, 5.41) is 25.9. The van der Waals surface area contributed by atoms with Crippen LogP contribution in [0.1, 0.15) is 24.8 Å². The van der Waals surface area contributed by atoms with Crippen molar-refractivity contribution in [3.05, 3.63) is 29.8 Å². The zero-order valence-corrected chi connectivity index (χ0v) is 19.5. The van der Waals surface area contributed by atoms with Crippen molar-refractivity contribution < 1.29 is 34.2 Å². The number of guanidine groups is 1. The van der Waals surface area contributed by atoms with Crippen molar-refractivity contribution in [1.82, 2.24) is 16.0 Å². The van der Waals surface area contributed by atoms with E-state index < -0.39 is 60.7 Å². The highest BCUT2D eigenvalue weighted by Gasteiger charge is 2.30. The first-order valence-corrected chi connectivity index (χ1v) is 10.9. The van der Waals surface area contributed by atoms with Crippen LogP contribution in [0.25, 0.3) is 0 Å². The maximum Gasteiger partial charge on any atom is 0.326 e. The van der Waals surface area contributed by atoms with Gasteiger partial charge in [0, 0.05) is 13.0 Å². The molecule has 198 valence electrons. The minimum absolute atomic E-state index is 0.0199. The van der Waals surface area contributed by atoms with Gasteiger partial charge in [-0.05, 0) is 30.5 Å². The molecule has 0 fully saturated rings. The number of hydrogen-bond acceptors (Lipinski definition) is 8. The summed E-state index contributed by atoms with van der Waals surface area (Å²) < 4.78 is 0. The number of benzene rings is 1. The summed E-state index contributed by atoms with van der Waals surface area (Å²) in [7, 11) is 0. The fourth-order valence-electron chi connectivity index (χ4n) is 3.05. The Hall–Kier alpha value is -4.40. The number of nitrogens with zero attached hydrogens (tertiary/aromatic N) is 1. The maximum atomic E-state index is 12.8. The molecule has 0 aromatic heterocycles. The molecule has 1 aromatic carbocycles. The van der Waals surface area contributed by atoms with Crippen LogP contribution in [0.3, 0.4) is 0 Å². The van der Waals surface area contributed by atoms with Crippen LogP contribution < -0.4 is 38.9 Å². The second-order valence-corrected chi connectivity index (χ2v) is 7.77. The predicted octanol–water partition coefficient (Wildman–Crippen LogP) is -3.64. The predicted molar refractivity (Wildman–Crippen MR) is 128 cm³/mol. The van der Waals surface area contributed by atoms with Crippen molar-refractivity contribution in [2.75, 3.05) is 13.1 Å². The van der Waals surface area contributed by atoms with E-state index >= 15 is 0 Å². The minimum atomic E-state index is -1.52. The number of hydrogen-bond donors (Lipinski definition) is 9. The molecule has 0 bridgehead atoms. The number of phenols is 1. The van der Waals surface area contributed by atoms with Gasteiger partial charge >= 0.3 is 5.97 Å². The lowest BCUT2D eigenvalue weighted by atomic mass is 10.0. The molecule has 0 heterocycles. The third-order valence-electron chi connectivity index (χ3n) is 4.81. The molecule has 13 N–H and O–H groups in total. The fraction of sp³-hybridized carbons (Fsp3) is 0.429. The van der Waals surface area contributed by atoms with Gasteiger partial charge in [-0.3, -0.25) is 24.2 Å². The van der Waals surface area contributed by atoms with Crippen molar-refractivity contribution in [3.63, 3.8) is 0 Å². The van der Waals surface area contributed by atoms with E-state index in [-0.39, 0.29) is 37.5 Å². The van der Waals surface area contributed by atoms with Gasteiger partial charge in [-0.1, -0.05) is 12.1 Å². The molecule has 1 rings (SSSR count). The molecule has 0 aliphatic carbocycles.